The largest absolute Gasteiger partial charge is 0.489 e. The fourth-order valence-corrected chi connectivity index (χ4v) is 1.01. The van der Waals surface area contributed by atoms with Gasteiger partial charge in [-0.2, -0.15) is 0 Å². The standard InChI is InChI=1S/C11H10O3/c1-2-7-14-11-6-4-3-5-9(11)10(13)8-12/h2-6,8H,1,7H2. The number of aldehydes is 1. The molecule has 0 fully saturated rings. The smallest absolute Gasteiger partial charge is 0.229 e. The van der Waals surface area contributed by atoms with E-state index in [9.17, 15) is 9.59 Å². The van der Waals surface area contributed by atoms with E-state index < -0.39 is 5.78 Å². The van der Waals surface area contributed by atoms with E-state index in [1.807, 2.05) is 0 Å². The van der Waals surface area contributed by atoms with Crippen molar-refractivity contribution < 1.29 is 14.3 Å². The van der Waals surface area contributed by atoms with Gasteiger partial charge in [0, 0.05) is 0 Å². The third-order valence-electron chi connectivity index (χ3n) is 1.62. The van der Waals surface area contributed by atoms with Crippen molar-refractivity contribution in [1.82, 2.24) is 0 Å². The molecule has 3 nitrogen and oxygen atoms in total. The van der Waals surface area contributed by atoms with Crippen molar-refractivity contribution in [3.63, 3.8) is 0 Å². The van der Waals surface area contributed by atoms with Crippen LogP contribution in [-0.2, 0) is 4.79 Å². The zero-order chi connectivity index (χ0) is 10.4. The summed E-state index contributed by atoms with van der Waals surface area (Å²) in [6.07, 6.45) is 1.85. The number of ether oxygens (including phenoxy) is 1. The highest BCUT2D eigenvalue weighted by molar-refractivity contribution is 6.34. The summed E-state index contributed by atoms with van der Waals surface area (Å²) in [6, 6.07) is 6.60. The fourth-order valence-electron chi connectivity index (χ4n) is 1.01. The number of Topliss-reactive ketones (excluding diaryl/α,β-unsaturated/α-hetero) is 1. The predicted molar refractivity (Wildman–Crippen MR) is 52.5 cm³/mol. The molecule has 72 valence electrons. The van der Waals surface area contributed by atoms with Gasteiger partial charge >= 0.3 is 0 Å². The number of rotatable bonds is 5. The molecule has 1 rings (SSSR count). The summed E-state index contributed by atoms with van der Waals surface area (Å²) in [6.45, 7) is 3.80. The Morgan fingerprint density at radius 2 is 2.14 bits per heavy atom. The van der Waals surface area contributed by atoms with Crippen molar-refractivity contribution >= 4 is 12.1 Å². The number of para-hydroxylation sites is 1. The summed E-state index contributed by atoms with van der Waals surface area (Å²) in [5.41, 5.74) is 0.282. The lowest BCUT2D eigenvalue weighted by molar-refractivity contribution is -0.104. The van der Waals surface area contributed by atoms with Crippen molar-refractivity contribution in [2.24, 2.45) is 0 Å². The average Bonchev–Trinajstić information content (AvgIpc) is 2.25. The highest BCUT2D eigenvalue weighted by atomic mass is 16.5. The van der Waals surface area contributed by atoms with Gasteiger partial charge in [-0.25, -0.2) is 0 Å². The molecule has 0 unspecified atom stereocenters. The van der Waals surface area contributed by atoms with Crippen LogP contribution in [0.3, 0.4) is 0 Å². The normalized spacial score (nSPS) is 9.14. The second kappa shape index (κ2) is 4.97. The van der Waals surface area contributed by atoms with Gasteiger partial charge in [0.25, 0.3) is 0 Å². The first-order valence-corrected chi connectivity index (χ1v) is 4.12. The van der Waals surface area contributed by atoms with Gasteiger partial charge in [-0.1, -0.05) is 24.8 Å². The number of hydrogen-bond acceptors (Lipinski definition) is 3. The Hall–Kier alpha value is -1.90. The summed E-state index contributed by atoms with van der Waals surface area (Å²) in [5.74, 6) is -0.172. The number of benzene rings is 1. The van der Waals surface area contributed by atoms with Crippen molar-refractivity contribution in [1.29, 1.82) is 0 Å². The zero-order valence-electron chi connectivity index (χ0n) is 7.60. The lowest BCUT2D eigenvalue weighted by atomic mass is 10.1. The van der Waals surface area contributed by atoms with Crippen molar-refractivity contribution in [2.45, 2.75) is 0 Å². The van der Waals surface area contributed by atoms with E-state index >= 15 is 0 Å². The maximum Gasteiger partial charge on any atom is 0.229 e. The van der Waals surface area contributed by atoms with Crippen molar-refractivity contribution in [2.75, 3.05) is 6.61 Å². The SMILES string of the molecule is C=CCOc1ccccc1C(=O)C=O. The maximum atomic E-state index is 11.1. The van der Waals surface area contributed by atoms with Crippen LogP contribution >= 0.6 is 0 Å². The molecule has 0 aliphatic rings. The van der Waals surface area contributed by atoms with Crippen LogP contribution < -0.4 is 4.74 Å². The van der Waals surface area contributed by atoms with Gasteiger partial charge in [0.15, 0.2) is 6.29 Å². The number of hydrogen-bond donors (Lipinski definition) is 0. The van der Waals surface area contributed by atoms with E-state index in [4.69, 9.17) is 4.74 Å². The second-order valence-corrected chi connectivity index (χ2v) is 2.58. The van der Waals surface area contributed by atoms with Gasteiger partial charge < -0.3 is 4.74 Å². The van der Waals surface area contributed by atoms with E-state index in [2.05, 4.69) is 6.58 Å². The van der Waals surface area contributed by atoms with Crippen LogP contribution in [0.2, 0.25) is 0 Å². The molecule has 0 aliphatic carbocycles. The van der Waals surface area contributed by atoms with Crippen LogP contribution in [0.5, 0.6) is 5.75 Å². The molecule has 0 amide bonds. The van der Waals surface area contributed by atoms with Gasteiger partial charge in [-0.15, -0.1) is 0 Å². The highest BCUT2D eigenvalue weighted by Crippen LogP contribution is 2.17. The van der Waals surface area contributed by atoms with Crippen molar-refractivity contribution in [3.8, 4) is 5.75 Å². The minimum Gasteiger partial charge on any atom is -0.489 e. The summed E-state index contributed by atoms with van der Waals surface area (Å²) in [7, 11) is 0. The van der Waals surface area contributed by atoms with Crippen LogP contribution in [0.1, 0.15) is 10.4 Å². The summed E-state index contributed by atoms with van der Waals surface area (Å²) >= 11 is 0. The highest BCUT2D eigenvalue weighted by Gasteiger charge is 2.09. The first kappa shape index (κ1) is 10.2. The molecule has 0 aliphatic heterocycles. The van der Waals surface area contributed by atoms with Gasteiger partial charge in [0.2, 0.25) is 5.78 Å². The van der Waals surface area contributed by atoms with Crippen LogP contribution in [0, 0.1) is 0 Å². The second-order valence-electron chi connectivity index (χ2n) is 2.58. The number of carbonyl (C=O) groups excluding carboxylic acids is 2. The van der Waals surface area contributed by atoms with Crippen molar-refractivity contribution in [3.05, 3.63) is 42.5 Å². The molecule has 0 spiro atoms. The minimum absolute atomic E-state index is 0.274. The zero-order valence-corrected chi connectivity index (χ0v) is 7.60. The Bertz CT molecular complexity index is 355. The number of ketones is 1. The lowest BCUT2D eigenvalue weighted by Gasteiger charge is -2.06. The van der Waals surface area contributed by atoms with Gasteiger partial charge in [-0.05, 0) is 12.1 Å². The number of carbonyl (C=O) groups is 2. The first-order chi connectivity index (χ1) is 6.79. The van der Waals surface area contributed by atoms with E-state index in [1.165, 1.54) is 0 Å². The molecule has 14 heavy (non-hydrogen) atoms. The third-order valence-corrected chi connectivity index (χ3v) is 1.62. The van der Waals surface area contributed by atoms with E-state index in [0.29, 0.717) is 12.4 Å². The Balaban J connectivity index is 2.96. The van der Waals surface area contributed by atoms with Gasteiger partial charge in [0.1, 0.15) is 12.4 Å². The van der Waals surface area contributed by atoms with Gasteiger partial charge in [-0.3, -0.25) is 9.59 Å². The Morgan fingerprint density at radius 1 is 1.43 bits per heavy atom. The summed E-state index contributed by atoms with van der Waals surface area (Å²) in [4.78, 5) is 21.4. The Morgan fingerprint density at radius 3 is 2.79 bits per heavy atom. The molecule has 0 N–H and O–H groups in total. The van der Waals surface area contributed by atoms with E-state index in [-0.39, 0.29) is 11.8 Å². The molecule has 1 aromatic rings. The molecule has 0 saturated heterocycles. The minimum atomic E-state index is -0.579. The molecule has 1 aromatic carbocycles. The fraction of sp³-hybridized carbons (Fsp3) is 0.0909. The molecule has 0 saturated carbocycles. The van der Waals surface area contributed by atoms with Crippen LogP contribution in [0.15, 0.2) is 36.9 Å². The molecule has 0 atom stereocenters. The van der Waals surface area contributed by atoms with Crippen LogP contribution in [0.4, 0.5) is 0 Å². The monoisotopic (exact) mass is 190 g/mol. The maximum absolute atomic E-state index is 11.1. The molecular weight excluding hydrogens is 180 g/mol. The Labute approximate surface area is 82.0 Å². The van der Waals surface area contributed by atoms with Gasteiger partial charge in [0.05, 0.1) is 5.56 Å². The van der Waals surface area contributed by atoms with E-state index in [0.717, 1.165) is 0 Å². The van der Waals surface area contributed by atoms with Crippen LogP contribution in [0.25, 0.3) is 0 Å². The molecule has 0 radical (unpaired) electrons. The summed E-state index contributed by atoms with van der Waals surface area (Å²) < 4.78 is 5.21. The quantitative estimate of drug-likeness (QED) is 0.307. The molecular formula is C11H10O3. The van der Waals surface area contributed by atoms with E-state index in [1.54, 1.807) is 30.3 Å². The van der Waals surface area contributed by atoms with Crippen LogP contribution in [-0.4, -0.2) is 18.7 Å². The molecule has 0 heterocycles. The molecule has 3 heteroatoms. The lowest BCUT2D eigenvalue weighted by Crippen LogP contribution is -2.04. The summed E-state index contributed by atoms with van der Waals surface area (Å²) in [5, 5.41) is 0. The topological polar surface area (TPSA) is 43.4 Å². The first-order valence-electron chi connectivity index (χ1n) is 4.12. The predicted octanol–water partition coefficient (Wildman–Crippen LogP) is 1.63. The Kier molecular flexibility index (Phi) is 3.61. The molecule has 0 bridgehead atoms. The third kappa shape index (κ3) is 2.29. The average molecular weight is 190 g/mol. The molecule has 0 aromatic heterocycles.